The number of carbonyl (C=O) groups excluding carboxylic acids is 2. The van der Waals surface area contributed by atoms with Gasteiger partial charge in [-0.3, -0.25) is 14.7 Å². The summed E-state index contributed by atoms with van der Waals surface area (Å²) >= 11 is 0. The second-order valence-corrected chi connectivity index (χ2v) is 9.89. The zero-order valence-corrected chi connectivity index (χ0v) is 21.3. The quantitative estimate of drug-likeness (QED) is 0.480. The van der Waals surface area contributed by atoms with Gasteiger partial charge >= 0.3 is 6.03 Å². The van der Waals surface area contributed by atoms with E-state index in [-0.39, 0.29) is 24.4 Å². The average molecular weight is 478 g/mol. The molecule has 1 heterocycles. The summed E-state index contributed by atoms with van der Waals surface area (Å²) in [6.07, 6.45) is 1.88. The van der Waals surface area contributed by atoms with E-state index < -0.39 is 5.54 Å². The summed E-state index contributed by atoms with van der Waals surface area (Å²) in [6, 6.07) is 17.0. The highest BCUT2D eigenvalue weighted by Crippen LogP contribution is 2.26. The number of amides is 3. The minimum atomic E-state index is -0.403. The summed E-state index contributed by atoms with van der Waals surface area (Å²) < 4.78 is 7.08. The molecular weight excluding hydrogens is 442 g/mol. The maximum atomic E-state index is 13.1. The molecule has 0 unspecified atom stereocenters. The number of carbonyl (C=O) groups is 2. The molecule has 2 N–H and O–H groups in total. The molecule has 8 nitrogen and oxygen atoms in total. The summed E-state index contributed by atoms with van der Waals surface area (Å²) in [6.45, 7) is 10.1. The summed E-state index contributed by atoms with van der Waals surface area (Å²) in [5.74, 6) is 1.02. The lowest BCUT2D eigenvalue weighted by atomic mass is 10.1. The second-order valence-electron chi connectivity index (χ2n) is 9.89. The number of imidazole rings is 1. The van der Waals surface area contributed by atoms with E-state index in [1.807, 2.05) is 100.0 Å². The van der Waals surface area contributed by atoms with E-state index >= 15 is 0 Å². The molecule has 0 aliphatic carbocycles. The number of para-hydroxylation sites is 1. The average Bonchev–Trinajstić information content (AvgIpc) is 3.21. The fourth-order valence-electron chi connectivity index (χ4n) is 3.55. The van der Waals surface area contributed by atoms with Crippen molar-refractivity contribution < 1.29 is 14.3 Å². The highest BCUT2D eigenvalue weighted by atomic mass is 16.5. The third-order valence-electron chi connectivity index (χ3n) is 5.07. The molecule has 0 aliphatic heterocycles. The molecule has 3 amide bonds. The van der Waals surface area contributed by atoms with Crippen LogP contribution in [0.2, 0.25) is 0 Å². The zero-order chi connectivity index (χ0) is 25.6. The lowest BCUT2D eigenvalue weighted by Gasteiger charge is -2.29. The predicted octanol–water partition coefficient (Wildman–Crippen LogP) is 4.95. The molecule has 0 bridgehead atoms. The molecule has 3 rings (SSSR count). The molecule has 0 radical (unpaired) electrons. The monoisotopic (exact) mass is 477 g/mol. The van der Waals surface area contributed by atoms with Gasteiger partial charge in [0.05, 0.1) is 12.8 Å². The third kappa shape index (κ3) is 7.34. The highest BCUT2D eigenvalue weighted by Gasteiger charge is 2.23. The Kier molecular flexibility index (Phi) is 8.17. The molecular formula is C27H35N5O3. The summed E-state index contributed by atoms with van der Waals surface area (Å²) in [5.41, 5.74) is 2.05. The highest BCUT2D eigenvalue weighted by molar-refractivity contribution is 5.93. The first-order chi connectivity index (χ1) is 16.6. The summed E-state index contributed by atoms with van der Waals surface area (Å²) in [7, 11) is 1.62. The van der Waals surface area contributed by atoms with Crippen LogP contribution in [0.25, 0.3) is 16.9 Å². The number of hydrogen-bond donors (Lipinski definition) is 2. The van der Waals surface area contributed by atoms with Crippen LogP contribution in [0.15, 0.2) is 60.8 Å². The zero-order valence-electron chi connectivity index (χ0n) is 21.3. The van der Waals surface area contributed by atoms with E-state index in [1.165, 1.54) is 4.90 Å². The number of rotatable bonds is 8. The van der Waals surface area contributed by atoms with Crippen molar-refractivity contribution in [1.29, 1.82) is 0 Å². The number of urea groups is 1. The SMILES string of the molecule is COc1ccc(-c2cn(-c3ccccc3)c(NC(=O)CN(CC(C)C)C(=O)NC(C)(C)C)n2)cc1. The number of nitrogens with zero attached hydrogens (tertiary/aromatic N) is 3. The van der Waals surface area contributed by atoms with Gasteiger partial charge in [-0.25, -0.2) is 9.78 Å². The first-order valence-electron chi connectivity index (χ1n) is 11.7. The van der Waals surface area contributed by atoms with Gasteiger partial charge in [0, 0.05) is 29.5 Å². The first kappa shape index (κ1) is 25.8. The van der Waals surface area contributed by atoms with E-state index in [1.54, 1.807) is 7.11 Å². The van der Waals surface area contributed by atoms with Gasteiger partial charge < -0.3 is 15.0 Å². The van der Waals surface area contributed by atoms with Crippen molar-refractivity contribution in [2.45, 2.75) is 40.2 Å². The van der Waals surface area contributed by atoms with Crippen molar-refractivity contribution in [2.75, 3.05) is 25.5 Å². The number of methoxy groups -OCH3 is 1. The van der Waals surface area contributed by atoms with Crippen LogP contribution in [-0.2, 0) is 4.79 Å². The van der Waals surface area contributed by atoms with Crippen LogP contribution in [-0.4, -0.2) is 52.1 Å². The van der Waals surface area contributed by atoms with E-state index in [2.05, 4.69) is 10.6 Å². The van der Waals surface area contributed by atoms with Crippen molar-refractivity contribution in [1.82, 2.24) is 19.8 Å². The maximum absolute atomic E-state index is 13.1. The Labute approximate surface area is 207 Å². The molecule has 0 saturated heterocycles. The Morgan fingerprint density at radius 1 is 1.06 bits per heavy atom. The van der Waals surface area contributed by atoms with Gasteiger partial charge in [0.25, 0.3) is 0 Å². The van der Waals surface area contributed by atoms with Crippen molar-refractivity contribution in [3.63, 3.8) is 0 Å². The molecule has 35 heavy (non-hydrogen) atoms. The Morgan fingerprint density at radius 2 is 1.71 bits per heavy atom. The summed E-state index contributed by atoms with van der Waals surface area (Å²) in [5, 5.41) is 5.85. The van der Waals surface area contributed by atoms with Gasteiger partial charge in [-0.15, -0.1) is 0 Å². The molecule has 0 saturated carbocycles. The van der Waals surface area contributed by atoms with Crippen molar-refractivity contribution >= 4 is 17.9 Å². The number of benzene rings is 2. The molecule has 0 atom stereocenters. The Hall–Kier alpha value is -3.81. The van der Waals surface area contributed by atoms with Crippen LogP contribution in [0.4, 0.5) is 10.7 Å². The second kappa shape index (κ2) is 11.1. The van der Waals surface area contributed by atoms with E-state index in [4.69, 9.17) is 9.72 Å². The fraction of sp³-hybridized carbons (Fsp3) is 0.370. The molecule has 0 spiro atoms. The molecule has 0 aliphatic rings. The Morgan fingerprint density at radius 3 is 2.29 bits per heavy atom. The normalized spacial score (nSPS) is 11.3. The van der Waals surface area contributed by atoms with Crippen molar-refractivity contribution in [3.8, 4) is 22.7 Å². The standard InChI is InChI=1S/C27H35N5O3/c1-19(2)16-31(26(34)30-27(3,4)5)18-24(33)29-25-28-23(20-12-14-22(35-6)15-13-20)17-32(25)21-10-8-7-9-11-21/h7-15,17,19H,16,18H2,1-6H3,(H,30,34)(H,28,29,33). The van der Waals surface area contributed by atoms with E-state index in [0.717, 1.165) is 17.0 Å². The molecule has 1 aromatic heterocycles. The Balaban J connectivity index is 1.87. The van der Waals surface area contributed by atoms with Gasteiger partial charge in [0.1, 0.15) is 12.3 Å². The van der Waals surface area contributed by atoms with Gasteiger partial charge in [0.15, 0.2) is 0 Å². The minimum absolute atomic E-state index is 0.0837. The minimum Gasteiger partial charge on any atom is -0.497 e. The van der Waals surface area contributed by atoms with Crippen LogP contribution in [0.5, 0.6) is 5.75 Å². The molecule has 2 aromatic carbocycles. The van der Waals surface area contributed by atoms with Crippen LogP contribution in [0, 0.1) is 5.92 Å². The van der Waals surface area contributed by atoms with Gasteiger partial charge in [-0.1, -0.05) is 32.0 Å². The van der Waals surface area contributed by atoms with Crippen LogP contribution < -0.4 is 15.4 Å². The maximum Gasteiger partial charge on any atom is 0.318 e. The number of aromatic nitrogens is 2. The molecule has 3 aromatic rings. The Bertz CT molecular complexity index is 1130. The fourth-order valence-corrected chi connectivity index (χ4v) is 3.55. The van der Waals surface area contributed by atoms with Crippen molar-refractivity contribution in [3.05, 3.63) is 60.8 Å². The lowest BCUT2D eigenvalue weighted by Crippen LogP contribution is -2.51. The number of nitrogens with one attached hydrogen (secondary N) is 2. The van der Waals surface area contributed by atoms with Gasteiger partial charge in [-0.05, 0) is 63.1 Å². The van der Waals surface area contributed by atoms with Crippen LogP contribution in [0.3, 0.4) is 0 Å². The van der Waals surface area contributed by atoms with Gasteiger partial charge in [-0.2, -0.15) is 0 Å². The van der Waals surface area contributed by atoms with Crippen LogP contribution >= 0.6 is 0 Å². The number of hydrogen-bond acceptors (Lipinski definition) is 4. The molecule has 8 heteroatoms. The third-order valence-corrected chi connectivity index (χ3v) is 5.07. The molecule has 0 fully saturated rings. The van der Waals surface area contributed by atoms with Crippen LogP contribution in [0.1, 0.15) is 34.6 Å². The molecule has 186 valence electrons. The smallest absolute Gasteiger partial charge is 0.318 e. The van der Waals surface area contributed by atoms with Gasteiger partial charge in [0.2, 0.25) is 11.9 Å². The van der Waals surface area contributed by atoms with Crippen molar-refractivity contribution in [2.24, 2.45) is 5.92 Å². The summed E-state index contributed by atoms with van der Waals surface area (Å²) in [4.78, 5) is 32.1. The predicted molar refractivity (Wildman–Crippen MR) is 139 cm³/mol. The van der Waals surface area contributed by atoms with E-state index in [9.17, 15) is 9.59 Å². The number of ether oxygens (including phenoxy) is 1. The lowest BCUT2D eigenvalue weighted by molar-refractivity contribution is -0.116. The number of anilines is 1. The first-order valence-corrected chi connectivity index (χ1v) is 11.7. The largest absolute Gasteiger partial charge is 0.497 e. The topological polar surface area (TPSA) is 88.5 Å². The van der Waals surface area contributed by atoms with E-state index in [0.29, 0.717) is 18.2 Å².